The molecule has 0 aromatic heterocycles. The van der Waals surface area contributed by atoms with Crippen molar-refractivity contribution in [2.75, 3.05) is 37.8 Å². The van der Waals surface area contributed by atoms with Gasteiger partial charge in [0.05, 0.1) is 24.5 Å². The Morgan fingerprint density at radius 3 is 2.37 bits per heavy atom. The first-order valence-electron chi connectivity index (χ1n) is 6.86. The van der Waals surface area contributed by atoms with Crippen molar-refractivity contribution in [3.63, 3.8) is 0 Å². The first-order valence-corrected chi connectivity index (χ1v) is 8.68. The molecule has 0 amide bonds. The quantitative estimate of drug-likeness (QED) is 0.697. The molecule has 1 aliphatic rings. The lowest BCUT2D eigenvalue weighted by molar-refractivity contribution is -0.132. The number of Topliss-reactive ketones (excluding diaryl/α,β-unsaturated/α-hetero) is 1. The Balaban J connectivity index is 2.47. The Kier molecular flexibility index (Phi) is 5.95. The van der Waals surface area contributed by atoms with Crippen LogP contribution in [0.3, 0.4) is 0 Å². The molecule has 0 aromatic carbocycles. The van der Waals surface area contributed by atoms with E-state index in [1.54, 1.807) is 6.92 Å². The first kappa shape index (κ1) is 16.6. The minimum Gasteiger partial charge on any atom is -0.379 e. The lowest BCUT2D eigenvalue weighted by Gasteiger charge is -2.39. The number of ketones is 1. The van der Waals surface area contributed by atoms with E-state index in [-0.39, 0.29) is 17.3 Å². The topological polar surface area (TPSA) is 63.7 Å². The number of ether oxygens (including phenoxy) is 1. The standard InChI is InChI=1S/C13H25NO4S/c1-4-19(16,17)11-5-6-12(15)13(2,3)14-7-9-18-10-8-14/h4-11H2,1-3H3. The van der Waals surface area contributed by atoms with Crippen molar-refractivity contribution >= 4 is 15.6 Å². The smallest absolute Gasteiger partial charge is 0.152 e. The largest absolute Gasteiger partial charge is 0.379 e. The summed E-state index contributed by atoms with van der Waals surface area (Å²) in [4.78, 5) is 14.4. The third kappa shape index (κ3) is 4.85. The number of carbonyl (C=O) groups is 1. The van der Waals surface area contributed by atoms with Crippen LogP contribution in [-0.4, -0.2) is 62.4 Å². The molecule has 6 heteroatoms. The fourth-order valence-electron chi connectivity index (χ4n) is 2.20. The van der Waals surface area contributed by atoms with Crippen LogP contribution >= 0.6 is 0 Å². The van der Waals surface area contributed by atoms with Gasteiger partial charge in [0.1, 0.15) is 9.84 Å². The summed E-state index contributed by atoms with van der Waals surface area (Å²) in [6.45, 7) is 8.28. The van der Waals surface area contributed by atoms with Gasteiger partial charge in [0.25, 0.3) is 0 Å². The van der Waals surface area contributed by atoms with E-state index in [1.807, 2.05) is 13.8 Å². The molecule has 0 N–H and O–H groups in total. The summed E-state index contributed by atoms with van der Waals surface area (Å²) in [5.74, 6) is 0.364. The summed E-state index contributed by atoms with van der Waals surface area (Å²) in [5.41, 5.74) is -0.528. The normalized spacial score (nSPS) is 18.5. The van der Waals surface area contributed by atoms with Crippen molar-refractivity contribution in [1.82, 2.24) is 4.90 Å². The molecule has 0 saturated carbocycles. The SMILES string of the molecule is CCS(=O)(=O)CCCC(=O)C(C)(C)N1CCOCC1. The molecular weight excluding hydrogens is 266 g/mol. The Morgan fingerprint density at radius 1 is 1.26 bits per heavy atom. The van der Waals surface area contributed by atoms with Gasteiger partial charge in [-0.2, -0.15) is 0 Å². The highest BCUT2D eigenvalue weighted by Gasteiger charge is 2.34. The average Bonchev–Trinajstić information content (AvgIpc) is 2.39. The van der Waals surface area contributed by atoms with Gasteiger partial charge in [-0.05, 0) is 20.3 Å². The van der Waals surface area contributed by atoms with E-state index in [9.17, 15) is 13.2 Å². The fraction of sp³-hybridized carbons (Fsp3) is 0.923. The molecular formula is C13H25NO4S. The minimum absolute atomic E-state index is 0.106. The van der Waals surface area contributed by atoms with Gasteiger partial charge in [-0.3, -0.25) is 9.69 Å². The van der Waals surface area contributed by atoms with E-state index < -0.39 is 15.4 Å². The highest BCUT2D eigenvalue weighted by Crippen LogP contribution is 2.19. The van der Waals surface area contributed by atoms with Crippen molar-refractivity contribution in [2.45, 2.75) is 39.2 Å². The van der Waals surface area contributed by atoms with Crippen LogP contribution in [0.2, 0.25) is 0 Å². The first-order chi connectivity index (χ1) is 8.79. The van der Waals surface area contributed by atoms with Gasteiger partial charge < -0.3 is 4.74 Å². The monoisotopic (exact) mass is 291 g/mol. The predicted molar refractivity (Wildman–Crippen MR) is 75.0 cm³/mol. The molecule has 0 aliphatic carbocycles. The molecule has 1 fully saturated rings. The van der Waals surface area contributed by atoms with Crippen molar-refractivity contribution in [3.8, 4) is 0 Å². The van der Waals surface area contributed by atoms with Crippen LogP contribution < -0.4 is 0 Å². The predicted octanol–water partition coefficient (Wildman–Crippen LogP) is 0.881. The van der Waals surface area contributed by atoms with Crippen LogP contribution in [0.5, 0.6) is 0 Å². The molecule has 112 valence electrons. The molecule has 19 heavy (non-hydrogen) atoms. The van der Waals surface area contributed by atoms with Crippen LogP contribution in [0, 0.1) is 0 Å². The lowest BCUT2D eigenvalue weighted by Crippen LogP contribution is -2.54. The van der Waals surface area contributed by atoms with Crippen LogP contribution in [-0.2, 0) is 19.4 Å². The summed E-state index contributed by atoms with van der Waals surface area (Å²) in [7, 11) is -2.97. The molecule has 0 unspecified atom stereocenters. The van der Waals surface area contributed by atoms with E-state index in [2.05, 4.69) is 4.90 Å². The Labute approximate surface area is 116 Å². The van der Waals surface area contributed by atoms with Crippen LogP contribution in [0.15, 0.2) is 0 Å². The molecule has 0 bridgehead atoms. The summed E-state index contributed by atoms with van der Waals surface area (Å²) in [5, 5.41) is 0. The van der Waals surface area contributed by atoms with Gasteiger partial charge in [0.15, 0.2) is 5.78 Å². The van der Waals surface area contributed by atoms with Crippen molar-refractivity contribution < 1.29 is 17.9 Å². The van der Waals surface area contributed by atoms with Crippen LogP contribution in [0.25, 0.3) is 0 Å². The van der Waals surface area contributed by atoms with Gasteiger partial charge in [-0.15, -0.1) is 0 Å². The summed E-state index contributed by atoms with van der Waals surface area (Å²) < 4.78 is 28.1. The van der Waals surface area contributed by atoms with Gasteiger partial charge in [0.2, 0.25) is 0 Å². The van der Waals surface area contributed by atoms with Gasteiger partial charge in [-0.1, -0.05) is 6.92 Å². The number of hydrogen-bond donors (Lipinski definition) is 0. The maximum absolute atomic E-state index is 12.3. The third-order valence-electron chi connectivity index (χ3n) is 3.78. The summed E-state index contributed by atoms with van der Waals surface area (Å²) in [6.07, 6.45) is 0.742. The van der Waals surface area contributed by atoms with Gasteiger partial charge in [-0.25, -0.2) is 8.42 Å². The van der Waals surface area contributed by atoms with E-state index in [0.29, 0.717) is 26.1 Å². The Morgan fingerprint density at radius 2 is 1.84 bits per heavy atom. The summed E-state index contributed by atoms with van der Waals surface area (Å²) in [6, 6.07) is 0. The maximum Gasteiger partial charge on any atom is 0.152 e. The second-order valence-corrected chi connectivity index (χ2v) is 7.89. The third-order valence-corrected chi connectivity index (χ3v) is 5.57. The average molecular weight is 291 g/mol. The highest BCUT2D eigenvalue weighted by molar-refractivity contribution is 7.91. The number of sulfone groups is 1. The van der Waals surface area contributed by atoms with E-state index in [1.165, 1.54) is 0 Å². The Hall–Kier alpha value is -0.460. The highest BCUT2D eigenvalue weighted by atomic mass is 32.2. The van der Waals surface area contributed by atoms with E-state index in [0.717, 1.165) is 13.1 Å². The van der Waals surface area contributed by atoms with Crippen LogP contribution in [0.4, 0.5) is 0 Å². The maximum atomic E-state index is 12.3. The molecule has 5 nitrogen and oxygen atoms in total. The molecule has 1 heterocycles. The van der Waals surface area contributed by atoms with Gasteiger partial charge in [0, 0.05) is 25.3 Å². The summed E-state index contributed by atoms with van der Waals surface area (Å²) >= 11 is 0. The zero-order valence-electron chi connectivity index (χ0n) is 12.1. The molecule has 0 atom stereocenters. The van der Waals surface area contributed by atoms with Gasteiger partial charge >= 0.3 is 0 Å². The second-order valence-electron chi connectivity index (χ2n) is 5.42. The van der Waals surface area contributed by atoms with Crippen LogP contribution in [0.1, 0.15) is 33.6 Å². The second kappa shape index (κ2) is 6.81. The van der Waals surface area contributed by atoms with E-state index in [4.69, 9.17) is 4.74 Å². The number of hydrogen-bond acceptors (Lipinski definition) is 5. The number of morpholine rings is 1. The van der Waals surface area contributed by atoms with Crippen molar-refractivity contribution in [2.24, 2.45) is 0 Å². The molecule has 0 radical (unpaired) electrons. The van der Waals surface area contributed by atoms with E-state index >= 15 is 0 Å². The minimum atomic E-state index is -2.97. The molecule has 1 rings (SSSR count). The zero-order chi connectivity index (χ0) is 14.5. The van der Waals surface area contributed by atoms with Crippen molar-refractivity contribution in [1.29, 1.82) is 0 Å². The molecule has 1 aliphatic heterocycles. The molecule has 0 aromatic rings. The molecule has 1 saturated heterocycles. The lowest BCUT2D eigenvalue weighted by atomic mass is 9.93. The number of carbonyl (C=O) groups excluding carboxylic acids is 1. The number of rotatable bonds is 7. The number of nitrogens with zero attached hydrogens (tertiary/aromatic N) is 1. The molecule has 0 spiro atoms. The van der Waals surface area contributed by atoms with Crippen molar-refractivity contribution in [3.05, 3.63) is 0 Å². The Bertz CT molecular complexity index is 397. The fourth-order valence-corrected chi connectivity index (χ4v) is 3.07. The zero-order valence-corrected chi connectivity index (χ0v) is 13.0.